The predicted molar refractivity (Wildman–Crippen MR) is 74.4 cm³/mol. The molecule has 18 heavy (non-hydrogen) atoms. The third-order valence-corrected chi connectivity index (χ3v) is 3.57. The van der Waals surface area contributed by atoms with Crippen LogP contribution < -0.4 is 5.43 Å². The first kappa shape index (κ1) is 12.7. The Morgan fingerprint density at radius 2 is 2.17 bits per heavy atom. The van der Waals surface area contributed by atoms with Gasteiger partial charge in [-0.2, -0.15) is 5.10 Å². The zero-order valence-corrected chi connectivity index (χ0v) is 11.4. The van der Waals surface area contributed by atoms with E-state index in [9.17, 15) is 4.79 Å². The van der Waals surface area contributed by atoms with Gasteiger partial charge in [-0.3, -0.25) is 5.43 Å². The van der Waals surface area contributed by atoms with Crippen molar-refractivity contribution in [1.29, 1.82) is 0 Å². The Morgan fingerprint density at radius 3 is 2.78 bits per heavy atom. The fourth-order valence-electron chi connectivity index (χ4n) is 1.18. The summed E-state index contributed by atoms with van der Waals surface area (Å²) in [4.78, 5) is 14.7. The molecule has 1 heterocycles. The summed E-state index contributed by atoms with van der Waals surface area (Å²) in [5.41, 5.74) is 3.62. The average Bonchev–Trinajstić information content (AvgIpc) is 2.72. The lowest BCUT2D eigenvalue weighted by atomic mass is 10.2. The van der Waals surface area contributed by atoms with Crippen LogP contribution in [0.3, 0.4) is 0 Å². The second-order valence-electron chi connectivity index (χ2n) is 3.23. The van der Waals surface area contributed by atoms with Crippen molar-refractivity contribution in [2.75, 3.05) is 5.43 Å². The number of anilines is 1. The molecule has 0 spiro atoms. The number of aromatic carboxylic acids is 1. The van der Waals surface area contributed by atoms with Gasteiger partial charge in [0.25, 0.3) is 0 Å². The monoisotopic (exact) mass is 325 g/mol. The third kappa shape index (κ3) is 3.14. The number of thiazole rings is 1. The normalized spacial score (nSPS) is 10.7. The number of nitrogens with one attached hydrogen (secondary N) is 1. The molecular weight excluding hydrogens is 318 g/mol. The minimum atomic E-state index is -1.07. The Morgan fingerprint density at radius 1 is 1.44 bits per heavy atom. The minimum absolute atomic E-state index is 0.0163. The van der Waals surface area contributed by atoms with Crippen molar-refractivity contribution < 1.29 is 9.90 Å². The fourth-order valence-corrected chi connectivity index (χ4v) is 2.54. The second kappa shape index (κ2) is 5.74. The molecule has 0 saturated heterocycles. The van der Waals surface area contributed by atoms with Gasteiger partial charge >= 0.3 is 5.97 Å². The molecule has 2 rings (SSSR count). The van der Waals surface area contributed by atoms with Crippen molar-refractivity contribution in [1.82, 2.24) is 4.98 Å². The summed E-state index contributed by atoms with van der Waals surface area (Å²) in [5.74, 6) is -1.07. The highest BCUT2D eigenvalue weighted by molar-refractivity contribution is 9.11. The quantitative estimate of drug-likeness (QED) is 0.669. The highest BCUT2D eigenvalue weighted by Crippen LogP contribution is 2.28. The molecule has 0 fully saturated rings. The first-order valence-corrected chi connectivity index (χ1v) is 6.51. The molecule has 0 aliphatic heterocycles. The number of hydrogen-bond donors (Lipinski definition) is 2. The van der Waals surface area contributed by atoms with E-state index < -0.39 is 5.97 Å². The SMILES string of the molecule is O=C(O)c1nc(N/N=C\c2ccccc2)sc1Br. The van der Waals surface area contributed by atoms with Crippen LogP contribution in [0.25, 0.3) is 0 Å². The van der Waals surface area contributed by atoms with Gasteiger partial charge in [0.15, 0.2) is 5.69 Å². The molecule has 0 aliphatic carbocycles. The number of benzene rings is 1. The molecule has 0 aliphatic rings. The fraction of sp³-hybridized carbons (Fsp3) is 0. The van der Waals surface area contributed by atoms with E-state index in [4.69, 9.17) is 5.11 Å². The van der Waals surface area contributed by atoms with Gasteiger partial charge in [-0.15, -0.1) is 0 Å². The number of carboxylic acids is 1. The second-order valence-corrected chi connectivity index (χ2v) is 5.54. The number of aromatic nitrogens is 1. The first-order chi connectivity index (χ1) is 8.66. The highest BCUT2D eigenvalue weighted by Gasteiger charge is 2.14. The van der Waals surface area contributed by atoms with E-state index in [0.717, 1.165) is 5.56 Å². The largest absolute Gasteiger partial charge is 0.476 e. The Labute approximate surface area is 115 Å². The predicted octanol–water partition coefficient (Wildman–Crippen LogP) is 3.05. The molecule has 0 atom stereocenters. The molecule has 1 aromatic heterocycles. The van der Waals surface area contributed by atoms with Crippen molar-refractivity contribution in [2.45, 2.75) is 0 Å². The number of hydrazone groups is 1. The topological polar surface area (TPSA) is 74.6 Å². The van der Waals surface area contributed by atoms with Crippen LogP contribution in [0.2, 0.25) is 0 Å². The third-order valence-electron chi connectivity index (χ3n) is 1.96. The smallest absolute Gasteiger partial charge is 0.356 e. The number of nitrogens with zero attached hydrogens (tertiary/aromatic N) is 2. The van der Waals surface area contributed by atoms with Crippen LogP contribution in [0.5, 0.6) is 0 Å². The Hall–Kier alpha value is -1.73. The van der Waals surface area contributed by atoms with E-state index in [1.807, 2.05) is 30.3 Å². The van der Waals surface area contributed by atoms with Crippen LogP contribution in [-0.2, 0) is 0 Å². The van der Waals surface area contributed by atoms with E-state index in [1.165, 1.54) is 11.3 Å². The molecule has 2 N–H and O–H groups in total. The number of rotatable bonds is 4. The van der Waals surface area contributed by atoms with Crippen molar-refractivity contribution in [3.05, 3.63) is 45.4 Å². The molecule has 0 amide bonds. The van der Waals surface area contributed by atoms with E-state index in [-0.39, 0.29) is 5.69 Å². The Kier molecular flexibility index (Phi) is 4.06. The lowest BCUT2D eigenvalue weighted by Gasteiger charge is -1.93. The van der Waals surface area contributed by atoms with E-state index in [1.54, 1.807) is 6.21 Å². The molecule has 92 valence electrons. The Bertz CT molecular complexity index is 583. The van der Waals surface area contributed by atoms with Crippen LogP contribution in [0.4, 0.5) is 5.13 Å². The zero-order chi connectivity index (χ0) is 13.0. The van der Waals surface area contributed by atoms with Crippen LogP contribution in [0.15, 0.2) is 39.2 Å². The molecular formula is C11H8BrN3O2S. The van der Waals surface area contributed by atoms with Gasteiger partial charge in [0.1, 0.15) is 3.79 Å². The minimum Gasteiger partial charge on any atom is -0.476 e. The van der Waals surface area contributed by atoms with Crippen molar-refractivity contribution >= 4 is 44.6 Å². The summed E-state index contributed by atoms with van der Waals surface area (Å²) < 4.78 is 0.465. The lowest BCUT2D eigenvalue weighted by molar-refractivity contribution is 0.0690. The van der Waals surface area contributed by atoms with Crippen LogP contribution >= 0.6 is 27.3 Å². The summed E-state index contributed by atoms with van der Waals surface area (Å²) in [6.45, 7) is 0. The van der Waals surface area contributed by atoms with Gasteiger partial charge in [0.2, 0.25) is 5.13 Å². The number of hydrogen-bond acceptors (Lipinski definition) is 5. The van der Waals surface area contributed by atoms with E-state index >= 15 is 0 Å². The van der Waals surface area contributed by atoms with Crippen molar-refractivity contribution in [3.8, 4) is 0 Å². The molecule has 5 nitrogen and oxygen atoms in total. The Balaban J connectivity index is 2.05. The zero-order valence-electron chi connectivity index (χ0n) is 9.00. The average molecular weight is 326 g/mol. The maximum absolute atomic E-state index is 10.8. The van der Waals surface area contributed by atoms with Gasteiger partial charge in [-0.05, 0) is 21.5 Å². The van der Waals surface area contributed by atoms with Crippen LogP contribution in [-0.4, -0.2) is 22.3 Å². The molecule has 1 aromatic carbocycles. The summed E-state index contributed by atoms with van der Waals surface area (Å²) >= 11 is 4.32. The highest BCUT2D eigenvalue weighted by atomic mass is 79.9. The lowest BCUT2D eigenvalue weighted by Crippen LogP contribution is -1.98. The maximum atomic E-state index is 10.8. The van der Waals surface area contributed by atoms with Gasteiger partial charge in [0, 0.05) is 0 Å². The van der Waals surface area contributed by atoms with Crippen molar-refractivity contribution in [3.63, 3.8) is 0 Å². The molecule has 0 radical (unpaired) electrons. The summed E-state index contributed by atoms with van der Waals surface area (Å²) in [7, 11) is 0. The van der Waals surface area contributed by atoms with E-state index in [0.29, 0.717) is 8.92 Å². The number of halogens is 1. The van der Waals surface area contributed by atoms with Crippen LogP contribution in [0.1, 0.15) is 16.1 Å². The first-order valence-electron chi connectivity index (χ1n) is 4.90. The molecule has 2 aromatic rings. The van der Waals surface area contributed by atoms with Crippen molar-refractivity contribution in [2.24, 2.45) is 5.10 Å². The van der Waals surface area contributed by atoms with Gasteiger partial charge in [-0.1, -0.05) is 41.7 Å². The van der Waals surface area contributed by atoms with E-state index in [2.05, 4.69) is 31.4 Å². The van der Waals surface area contributed by atoms with Gasteiger partial charge in [0.05, 0.1) is 6.21 Å². The van der Waals surface area contributed by atoms with Gasteiger partial charge in [-0.25, -0.2) is 9.78 Å². The molecule has 0 unspecified atom stereocenters. The summed E-state index contributed by atoms with van der Waals surface area (Å²) in [5, 5.41) is 13.2. The molecule has 0 saturated carbocycles. The summed E-state index contributed by atoms with van der Waals surface area (Å²) in [6.07, 6.45) is 1.63. The standard InChI is InChI=1S/C11H8BrN3O2S/c12-9-8(10(16)17)14-11(18-9)15-13-6-7-4-2-1-3-5-7/h1-6H,(H,14,15)(H,16,17)/b13-6-. The van der Waals surface area contributed by atoms with Crippen LogP contribution in [0, 0.1) is 0 Å². The molecule has 0 bridgehead atoms. The summed E-state index contributed by atoms with van der Waals surface area (Å²) in [6, 6.07) is 9.55. The number of carboxylic acid groups (broad SMARTS) is 1. The number of carbonyl (C=O) groups is 1. The molecule has 7 heteroatoms. The van der Waals surface area contributed by atoms with Gasteiger partial charge < -0.3 is 5.11 Å². The maximum Gasteiger partial charge on any atom is 0.356 e.